The number of amides is 1. The Labute approximate surface area is 103 Å². The second-order valence-electron chi connectivity index (χ2n) is 5.40. The number of aliphatic hydroxyl groups excluding tert-OH is 1. The predicted molar refractivity (Wildman–Crippen MR) is 69.0 cm³/mol. The quantitative estimate of drug-likeness (QED) is 0.866. The zero-order chi connectivity index (χ0) is 13.1. The molecule has 3 nitrogen and oxygen atoms in total. The molecule has 1 N–H and O–H groups in total. The van der Waals surface area contributed by atoms with E-state index in [-0.39, 0.29) is 17.9 Å². The molecule has 0 saturated carbocycles. The highest BCUT2D eigenvalue weighted by Crippen LogP contribution is 2.21. The second kappa shape index (κ2) is 5.32. The van der Waals surface area contributed by atoms with Crippen LogP contribution in [-0.4, -0.2) is 36.6 Å². The van der Waals surface area contributed by atoms with Crippen LogP contribution in [0.1, 0.15) is 29.8 Å². The van der Waals surface area contributed by atoms with Gasteiger partial charge in [-0.2, -0.15) is 0 Å². The third-order valence-electron chi connectivity index (χ3n) is 2.72. The van der Waals surface area contributed by atoms with Gasteiger partial charge in [-0.15, -0.1) is 0 Å². The normalized spacial score (nSPS) is 11.4. The molecule has 0 bridgehead atoms. The minimum atomic E-state index is -0.118. The molecule has 0 atom stereocenters. The fraction of sp³-hybridized carbons (Fsp3) is 0.500. The first-order valence-corrected chi connectivity index (χ1v) is 5.77. The molecule has 1 aromatic rings. The number of aliphatic hydroxyl groups is 1. The van der Waals surface area contributed by atoms with Crippen molar-refractivity contribution in [1.82, 2.24) is 4.90 Å². The van der Waals surface area contributed by atoms with Gasteiger partial charge in [0.1, 0.15) is 0 Å². The molecule has 0 aliphatic heterocycles. The van der Waals surface area contributed by atoms with Gasteiger partial charge in [0.15, 0.2) is 0 Å². The zero-order valence-corrected chi connectivity index (χ0v) is 11.0. The van der Waals surface area contributed by atoms with Gasteiger partial charge in [0.25, 0.3) is 5.91 Å². The average molecular weight is 235 g/mol. The van der Waals surface area contributed by atoms with Gasteiger partial charge in [0, 0.05) is 26.3 Å². The average Bonchev–Trinajstić information content (AvgIpc) is 2.28. The highest BCUT2D eigenvalue weighted by atomic mass is 16.3. The van der Waals surface area contributed by atoms with Crippen molar-refractivity contribution in [3.63, 3.8) is 0 Å². The Kier molecular flexibility index (Phi) is 4.29. The van der Waals surface area contributed by atoms with Crippen molar-refractivity contribution in [2.24, 2.45) is 5.41 Å². The molecule has 0 aliphatic rings. The molecule has 0 saturated heterocycles. The van der Waals surface area contributed by atoms with Crippen LogP contribution in [0, 0.1) is 5.41 Å². The van der Waals surface area contributed by atoms with E-state index in [9.17, 15) is 9.90 Å². The molecule has 0 aliphatic carbocycles. The van der Waals surface area contributed by atoms with Crippen molar-refractivity contribution >= 4 is 5.91 Å². The minimum absolute atomic E-state index is 0.0120. The third-order valence-corrected chi connectivity index (χ3v) is 2.72. The van der Waals surface area contributed by atoms with Gasteiger partial charge < -0.3 is 10.0 Å². The van der Waals surface area contributed by atoms with Gasteiger partial charge in [-0.25, -0.2) is 0 Å². The van der Waals surface area contributed by atoms with Crippen LogP contribution < -0.4 is 0 Å². The lowest BCUT2D eigenvalue weighted by Gasteiger charge is -2.21. The van der Waals surface area contributed by atoms with Crippen LogP contribution in [0.5, 0.6) is 0 Å². The molecule has 1 aromatic carbocycles. The second-order valence-corrected chi connectivity index (χ2v) is 5.40. The van der Waals surface area contributed by atoms with Crippen molar-refractivity contribution in [2.75, 3.05) is 20.7 Å². The monoisotopic (exact) mass is 235 g/mol. The number of carbonyl (C=O) groups is 1. The number of hydrogen-bond donors (Lipinski definition) is 1. The van der Waals surface area contributed by atoms with Crippen molar-refractivity contribution in [3.05, 3.63) is 35.4 Å². The summed E-state index contributed by atoms with van der Waals surface area (Å²) in [6.45, 7) is 4.20. The molecule has 0 aromatic heterocycles. The SMILES string of the molecule is CN(C)C(=O)c1ccc(CC(C)(C)CO)cc1. The van der Waals surface area contributed by atoms with Crippen molar-refractivity contribution in [1.29, 1.82) is 0 Å². The molecule has 0 unspecified atom stereocenters. The number of benzene rings is 1. The molecule has 94 valence electrons. The van der Waals surface area contributed by atoms with Crippen molar-refractivity contribution < 1.29 is 9.90 Å². The molecule has 1 rings (SSSR count). The lowest BCUT2D eigenvalue weighted by Crippen LogP contribution is -2.22. The Morgan fingerprint density at radius 3 is 2.18 bits per heavy atom. The van der Waals surface area contributed by atoms with Gasteiger partial charge in [0.2, 0.25) is 0 Å². The first-order chi connectivity index (χ1) is 7.85. The van der Waals surface area contributed by atoms with Crippen LogP contribution in [0.25, 0.3) is 0 Å². The summed E-state index contributed by atoms with van der Waals surface area (Å²) in [5.41, 5.74) is 1.72. The molecule has 0 radical (unpaired) electrons. The smallest absolute Gasteiger partial charge is 0.253 e. The summed E-state index contributed by atoms with van der Waals surface area (Å²) in [6.07, 6.45) is 0.805. The van der Waals surface area contributed by atoms with Crippen molar-refractivity contribution in [3.8, 4) is 0 Å². The lowest BCUT2D eigenvalue weighted by atomic mass is 9.86. The molecule has 1 amide bonds. The van der Waals surface area contributed by atoms with Crippen LogP contribution in [0.3, 0.4) is 0 Å². The van der Waals surface area contributed by atoms with E-state index in [0.717, 1.165) is 12.0 Å². The van der Waals surface area contributed by atoms with Gasteiger partial charge in [-0.05, 0) is 29.5 Å². The fourth-order valence-corrected chi connectivity index (χ4v) is 1.63. The van der Waals surface area contributed by atoms with Gasteiger partial charge in [-0.1, -0.05) is 26.0 Å². The summed E-state index contributed by atoms with van der Waals surface area (Å²) >= 11 is 0. The first kappa shape index (κ1) is 13.7. The Morgan fingerprint density at radius 2 is 1.76 bits per heavy atom. The number of rotatable bonds is 4. The summed E-state index contributed by atoms with van der Waals surface area (Å²) < 4.78 is 0. The van der Waals surface area contributed by atoms with Crippen LogP contribution in [0.4, 0.5) is 0 Å². The van der Waals surface area contributed by atoms with E-state index >= 15 is 0 Å². The number of hydrogen-bond acceptors (Lipinski definition) is 2. The highest BCUT2D eigenvalue weighted by Gasteiger charge is 2.17. The van der Waals surface area contributed by atoms with E-state index < -0.39 is 0 Å². The van der Waals surface area contributed by atoms with Gasteiger partial charge in [-0.3, -0.25) is 4.79 Å². The maximum atomic E-state index is 11.7. The molecule has 0 spiro atoms. The summed E-state index contributed by atoms with van der Waals surface area (Å²) in [7, 11) is 3.48. The third kappa shape index (κ3) is 3.86. The molecule has 17 heavy (non-hydrogen) atoms. The first-order valence-electron chi connectivity index (χ1n) is 5.77. The van der Waals surface area contributed by atoms with Crippen LogP contribution in [0.2, 0.25) is 0 Å². The van der Waals surface area contributed by atoms with Gasteiger partial charge in [0.05, 0.1) is 0 Å². The lowest BCUT2D eigenvalue weighted by molar-refractivity contribution is 0.0827. The summed E-state index contributed by atoms with van der Waals surface area (Å²) in [6, 6.07) is 7.58. The van der Waals surface area contributed by atoms with E-state index in [2.05, 4.69) is 0 Å². The van der Waals surface area contributed by atoms with E-state index in [0.29, 0.717) is 5.56 Å². The Morgan fingerprint density at radius 1 is 1.24 bits per heavy atom. The molecule has 3 heteroatoms. The molecule has 0 fully saturated rings. The van der Waals surface area contributed by atoms with Crippen LogP contribution >= 0.6 is 0 Å². The Hall–Kier alpha value is -1.35. The molecular formula is C14H21NO2. The van der Waals surface area contributed by atoms with E-state index in [1.54, 1.807) is 19.0 Å². The Balaban J connectivity index is 2.78. The van der Waals surface area contributed by atoms with Crippen molar-refractivity contribution in [2.45, 2.75) is 20.3 Å². The van der Waals surface area contributed by atoms with E-state index in [1.807, 2.05) is 38.1 Å². The summed E-state index contributed by atoms with van der Waals surface area (Å²) in [5, 5.41) is 9.21. The van der Waals surface area contributed by atoms with Crippen LogP contribution in [-0.2, 0) is 6.42 Å². The maximum absolute atomic E-state index is 11.7. The molecule has 0 heterocycles. The fourth-order valence-electron chi connectivity index (χ4n) is 1.63. The standard InChI is InChI=1S/C14H21NO2/c1-14(2,10-16)9-11-5-7-12(8-6-11)13(17)15(3)4/h5-8,16H,9-10H2,1-4H3. The van der Waals surface area contributed by atoms with E-state index in [1.165, 1.54) is 0 Å². The van der Waals surface area contributed by atoms with Gasteiger partial charge >= 0.3 is 0 Å². The van der Waals surface area contributed by atoms with Crippen LogP contribution in [0.15, 0.2) is 24.3 Å². The Bertz CT molecular complexity index is 380. The zero-order valence-electron chi connectivity index (χ0n) is 11.0. The van der Waals surface area contributed by atoms with E-state index in [4.69, 9.17) is 0 Å². The maximum Gasteiger partial charge on any atom is 0.253 e. The largest absolute Gasteiger partial charge is 0.396 e. The predicted octanol–water partition coefficient (Wildman–Crippen LogP) is 1.95. The topological polar surface area (TPSA) is 40.5 Å². The minimum Gasteiger partial charge on any atom is -0.396 e. The molecular weight excluding hydrogens is 214 g/mol. The summed E-state index contributed by atoms with van der Waals surface area (Å²) in [5.74, 6) is 0.0120. The highest BCUT2D eigenvalue weighted by molar-refractivity contribution is 5.93. The summed E-state index contributed by atoms with van der Waals surface area (Å²) in [4.78, 5) is 13.2. The number of nitrogens with zero attached hydrogens (tertiary/aromatic N) is 1. The number of carbonyl (C=O) groups excluding carboxylic acids is 1.